The highest BCUT2D eigenvalue weighted by Crippen LogP contribution is 2.29. The van der Waals surface area contributed by atoms with Crippen molar-refractivity contribution in [2.75, 3.05) is 38.0 Å². The van der Waals surface area contributed by atoms with Crippen LogP contribution in [0.1, 0.15) is 18.9 Å². The zero-order valence-corrected chi connectivity index (χ0v) is 17.4. The van der Waals surface area contributed by atoms with Crippen LogP contribution in [0.25, 0.3) is 0 Å². The van der Waals surface area contributed by atoms with Gasteiger partial charge in [-0.2, -0.15) is 0 Å². The van der Waals surface area contributed by atoms with Gasteiger partial charge in [0.25, 0.3) is 5.91 Å². The Morgan fingerprint density at radius 1 is 1.17 bits per heavy atom. The van der Waals surface area contributed by atoms with Gasteiger partial charge < -0.3 is 29.7 Å². The summed E-state index contributed by atoms with van der Waals surface area (Å²) in [4.78, 5) is 26.7. The van der Waals surface area contributed by atoms with Gasteiger partial charge in [0.1, 0.15) is 11.5 Å². The van der Waals surface area contributed by atoms with Crippen molar-refractivity contribution >= 4 is 23.3 Å². The lowest BCUT2D eigenvalue weighted by atomic mass is 10.1. The number of rotatable bonds is 7. The topological polar surface area (TPSA) is 89.1 Å². The van der Waals surface area contributed by atoms with E-state index in [1.54, 1.807) is 62.4 Å². The van der Waals surface area contributed by atoms with Crippen molar-refractivity contribution in [3.05, 3.63) is 48.0 Å². The van der Waals surface area contributed by atoms with Crippen LogP contribution in [0.5, 0.6) is 11.5 Å². The summed E-state index contributed by atoms with van der Waals surface area (Å²) < 4.78 is 16.1. The van der Waals surface area contributed by atoms with Gasteiger partial charge in [-0.25, -0.2) is 4.79 Å². The molecule has 1 aliphatic rings. The highest BCUT2D eigenvalue weighted by molar-refractivity contribution is 6.00. The normalized spacial score (nSPS) is 15.6. The molecule has 0 aliphatic carbocycles. The number of fused-ring (bicyclic) bond motifs is 1. The minimum atomic E-state index is -0.566. The maximum atomic E-state index is 12.6. The molecule has 30 heavy (non-hydrogen) atoms. The van der Waals surface area contributed by atoms with Gasteiger partial charge in [-0.15, -0.1) is 0 Å². The maximum absolute atomic E-state index is 12.6. The number of methoxy groups -OCH3 is 2. The number of amides is 3. The standard InChI is InChI=1S/C22H27N3O5/c1-15-21(26)25(10-5-11-28-2)14-16-12-18(8-9-20(16)30-15)24-22(27)23-17-6-4-7-19(13-17)29-3/h4,6-9,12-13,15H,5,10-11,14H2,1-3H3,(H2,23,24,27). The first kappa shape index (κ1) is 21.4. The monoisotopic (exact) mass is 413 g/mol. The Bertz CT molecular complexity index is 902. The fourth-order valence-electron chi connectivity index (χ4n) is 3.26. The van der Waals surface area contributed by atoms with Crippen molar-refractivity contribution in [3.63, 3.8) is 0 Å². The summed E-state index contributed by atoms with van der Waals surface area (Å²) in [7, 11) is 3.21. The van der Waals surface area contributed by atoms with E-state index >= 15 is 0 Å². The smallest absolute Gasteiger partial charge is 0.323 e. The summed E-state index contributed by atoms with van der Waals surface area (Å²) in [5, 5.41) is 5.59. The third kappa shape index (κ3) is 5.42. The van der Waals surface area contributed by atoms with Gasteiger partial charge in [-0.3, -0.25) is 4.79 Å². The third-order valence-corrected chi connectivity index (χ3v) is 4.75. The number of urea groups is 1. The lowest BCUT2D eigenvalue weighted by molar-refractivity contribution is -0.137. The van der Waals surface area contributed by atoms with Crippen LogP contribution in [0.3, 0.4) is 0 Å². The molecule has 0 bridgehead atoms. The van der Waals surface area contributed by atoms with Gasteiger partial charge >= 0.3 is 6.03 Å². The van der Waals surface area contributed by atoms with E-state index in [0.29, 0.717) is 42.6 Å². The number of hydrogen-bond acceptors (Lipinski definition) is 5. The van der Waals surface area contributed by atoms with E-state index in [0.717, 1.165) is 12.0 Å². The molecule has 1 atom stereocenters. The Kier molecular flexibility index (Phi) is 7.13. The van der Waals surface area contributed by atoms with E-state index < -0.39 is 6.10 Å². The Labute approximate surface area is 176 Å². The molecule has 2 aromatic rings. The van der Waals surface area contributed by atoms with Crippen LogP contribution >= 0.6 is 0 Å². The fourth-order valence-corrected chi connectivity index (χ4v) is 3.26. The largest absolute Gasteiger partial charge is 0.497 e. The van der Waals surface area contributed by atoms with Crippen LogP contribution in [0.15, 0.2) is 42.5 Å². The molecule has 1 aliphatic heterocycles. The third-order valence-electron chi connectivity index (χ3n) is 4.75. The van der Waals surface area contributed by atoms with Gasteiger partial charge in [0, 0.05) is 49.8 Å². The summed E-state index contributed by atoms with van der Waals surface area (Å²) in [6, 6.07) is 12.1. The molecule has 2 aromatic carbocycles. The fraction of sp³-hybridized carbons (Fsp3) is 0.364. The second-order valence-corrected chi connectivity index (χ2v) is 7.00. The van der Waals surface area contributed by atoms with Crippen LogP contribution in [-0.4, -0.2) is 50.3 Å². The zero-order chi connectivity index (χ0) is 21.5. The van der Waals surface area contributed by atoms with Crippen LogP contribution in [0, 0.1) is 0 Å². The van der Waals surface area contributed by atoms with Crippen molar-refractivity contribution < 1.29 is 23.8 Å². The molecule has 8 nitrogen and oxygen atoms in total. The first-order valence-corrected chi connectivity index (χ1v) is 9.79. The molecule has 0 radical (unpaired) electrons. The number of ether oxygens (including phenoxy) is 3. The van der Waals surface area contributed by atoms with Crippen molar-refractivity contribution in [2.45, 2.75) is 26.0 Å². The molecule has 1 heterocycles. The number of nitrogens with zero attached hydrogens (tertiary/aromatic N) is 1. The van der Waals surface area contributed by atoms with Crippen molar-refractivity contribution in [3.8, 4) is 11.5 Å². The highest BCUT2D eigenvalue weighted by atomic mass is 16.5. The van der Waals surface area contributed by atoms with Crippen LogP contribution in [0.4, 0.5) is 16.2 Å². The highest BCUT2D eigenvalue weighted by Gasteiger charge is 2.27. The molecular formula is C22H27N3O5. The van der Waals surface area contributed by atoms with Crippen LogP contribution < -0.4 is 20.1 Å². The Morgan fingerprint density at radius 3 is 2.67 bits per heavy atom. The van der Waals surface area contributed by atoms with E-state index in [1.165, 1.54) is 0 Å². The average molecular weight is 413 g/mol. The molecular weight excluding hydrogens is 386 g/mol. The van der Waals surface area contributed by atoms with Crippen LogP contribution in [-0.2, 0) is 16.1 Å². The summed E-state index contributed by atoms with van der Waals surface area (Å²) >= 11 is 0. The van der Waals surface area contributed by atoms with Crippen molar-refractivity contribution in [2.24, 2.45) is 0 Å². The number of carbonyl (C=O) groups excluding carboxylic acids is 2. The minimum absolute atomic E-state index is 0.0624. The van der Waals surface area contributed by atoms with E-state index in [4.69, 9.17) is 14.2 Å². The number of anilines is 2. The Balaban J connectivity index is 1.70. The lowest BCUT2D eigenvalue weighted by Crippen LogP contribution is -2.38. The van der Waals surface area contributed by atoms with E-state index in [2.05, 4.69) is 10.6 Å². The summed E-state index contributed by atoms with van der Waals surface area (Å²) in [5.74, 6) is 1.23. The number of hydrogen-bond donors (Lipinski definition) is 2. The minimum Gasteiger partial charge on any atom is -0.497 e. The van der Waals surface area contributed by atoms with Gasteiger partial charge in [0.2, 0.25) is 0 Å². The SMILES string of the molecule is COCCCN1Cc2cc(NC(=O)Nc3cccc(OC)c3)ccc2OC(C)C1=O. The van der Waals surface area contributed by atoms with Gasteiger partial charge in [0.15, 0.2) is 6.10 Å². The molecule has 0 spiro atoms. The number of benzene rings is 2. The van der Waals surface area contributed by atoms with Crippen molar-refractivity contribution in [1.82, 2.24) is 4.90 Å². The molecule has 0 saturated carbocycles. The first-order valence-electron chi connectivity index (χ1n) is 9.79. The van der Waals surface area contributed by atoms with E-state index in [9.17, 15) is 9.59 Å². The number of nitrogens with one attached hydrogen (secondary N) is 2. The zero-order valence-electron chi connectivity index (χ0n) is 17.4. The van der Waals surface area contributed by atoms with Gasteiger partial charge in [-0.05, 0) is 43.7 Å². The summed E-state index contributed by atoms with van der Waals surface area (Å²) in [5.41, 5.74) is 2.06. The van der Waals surface area contributed by atoms with E-state index in [-0.39, 0.29) is 11.9 Å². The van der Waals surface area contributed by atoms with E-state index in [1.807, 2.05) is 6.07 Å². The molecule has 0 aromatic heterocycles. The summed E-state index contributed by atoms with van der Waals surface area (Å²) in [6.07, 6.45) is 0.175. The molecule has 0 saturated heterocycles. The predicted molar refractivity (Wildman–Crippen MR) is 114 cm³/mol. The predicted octanol–water partition coefficient (Wildman–Crippen LogP) is 3.49. The average Bonchev–Trinajstić information content (AvgIpc) is 2.85. The molecule has 160 valence electrons. The molecule has 2 N–H and O–H groups in total. The van der Waals surface area contributed by atoms with Gasteiger partial charge in [0.05, 0.1) is 7.11 Å². The van der Waals surface area contributed by atoms with Crippen LogP contribution in [0.2, 0.25) is 0 Å². The lowest BCUT2D eigenvalue weighted by Gasteiger charge is -2.22. The first-order chi connectivity index (χ1) is 14.5. The Hall–Kier alpha value is -3.26. The molecule has 3 rings (SSSR count). The Morgan fingerprint density at radius 2 is 1.93 bits per heavy atom. The summed E-state index contributed by atoms with van der Waals surface area (Å²) in [6.45, 7) is 3.31. The molecule has 1 unspecified atom stereocenters. The number of carbonyl (C=O) groups is 2. The van der Waals surface area contributed by atoms with Crippen molar-refractivity contribution in [1.29, 1.82) is 0 Å². The molecule has 8 heteroatoms. The quantitative estimate of drug-likeness (QED) is 0.679. The molecule has 3 amide bonds. The van der Waals surface area contributed by atoms with Gasteiger partial charge in [-0.1, -0.05) is 6.07 Å². The maximum Gasteiger partial charge on any atom is 0.323 e. The second kappa shape index (κ2) is 9.98. The second-order valence-electron chi connectivity index (χ2n) is 7.00. The molecule has 0 fully saturated rings.